The minimum absolute atomic E-state index is 0.800. The SMILES string of the molecule is CCCNc1ncnc(NCCc2ccco2)c1CCC. The van der Waals surface area contributed by atoms with Gasteiger partial charge in [-0.1, -0.05) is 20.3 Å². The number of rotatable bonds is 9. The van der Waals surface area contributed by atoms with Crippen LogP contribution in [0.1, 0.15) is 38.0 Å². The van der Waals surface area contributed by atoms with Gasteiger partial charge in [-0.25, -0.2) is 9.97 Å². The van der Waals surface area contributed by atoms with E-state index in [0.717, 1.165) is 56.2 Å². The topological polar surface area (TPSA) is 63.0 Å². The van der Waals surface area contributed by atoms with Crippen molar-refractivity contribution < 1.29 is 4.42 Å². The van der Waals surface area contributed by atoms with E-state index >= 15 is 0 Å². The second-order valence-corrected chi connectivity index (χ2v) is 4.98. The standard InChI is InChI=1S/C16H24N4O/c1-3-6-14-15(17-9-4-2)19-12-20-16(14)18-10-8-13-7-5-11-21-13/h5,7,11-12H,3-4,6,8-10H2,1-2H3,(H2,17,18,19,20). The fraction of sp³-hybridized carbons (Fsp3) is 0.500. The van der Waals surface area contributed by atoms with Crippen molar-refractivity contribution in [3.63, 3.8) is 0 Å². The second kappa shape index (κ2) is 8.29. The van der Waals surface area contributed by atoms with E-state index in [1.807, 2.05) is 12.1 Å². The van der Waals surface area contributed by atoms with Crippen LogP contribution in [-0.2, 0) is 12.8 Å². The molecule has 0 saturated carbocycles. The van der Waals surface area contributed by atoms with E-state index < -0.39 is 0 Å². The van der Waals surface area contributed by atoms with E-state index in [4.69, 9.17) is 4.42 Å². The van der Waals surface area contributed by atoms with Gasteiger partial charge in [0.25, 0.3) is 0 Å². The largest absolute Gasteiger partial charge is 0.469 e. The van der Waals surface area contributed by atoms with Crippen LogP contribution in [0.5, 0.6) is 0 Å². The molecule has 0 spiro atoms. The molecule has 5 heteroatoms. The number of furan rings is 1. The number of hydrogen-bond acceptors (Lipinski definition) is 5. The zero-order valence-corrected chi connectivity index (χ0v) is 12.9. The van der Waals surface area contributed by atoms with Gasteiger partial charge in [-0.05, 0) is 25.0 Å². The molecule has 0 unspecified atom stereocenters. The number of nitrogens with zero attached hydrogens (tertiary/aromatic N) is 2. The molecule has 2 N–H and O–H groups in total. The summed E-state index contributed by atoms with van der Waals surface area (Å²) in [5.41, 5.74) is 1.17. The van der Waals surface area contributed by atoms with Gasteiger partial charge in [0.15, 0.2) is 0 Å². The van der Waals surface area contributed by atoms with Crippen LogP contribution in [-0.4, -0.2) is 23.1 Å². The molecule has 0 saturated heterocycles. The van der Waals surface area contributed by atoms with Gasteiger partial charge >= 0.3 is 0 Å². The molecular formula is C16H24N4O. The summed E-state index contributed by atoms with van der Waals surface area (Å²) in [6, 6.07) is 3.90. The van der Waals surface area contributed by atoms with Crippen LogP contribution >= 0.6 is 0 Å². The lowest BCUT2D eigenvalue weighted by Crippen LogP contribution is -2.12. The first-order valence-electron chi connectivity index (χ1n) is 7.69. The summed E-state index contributed by atoms with van der Waals surface area (Å²) in [5, 5.41) is 6.78. The first-order chi connectivity index (χ1) is 10.3. The van der Waals surface area contributed by atoms with Crippen LogP contribution < -0.4 is 10.6 Å². The predicted octanol–water partition coefficient (Wildman–Crippen LogP) is 3.50. The Bertz CT molecular complexity index is 525. The van der Waals surface area contributed by atoms with Crippen molar-refractivity contribution in [3.05, 3.63) is 36.0 Å². The molecule has 0 aromatic carbocycles. The van der Waals surface area contributed by atoms with Crippen LogP contribution in [0, 0.1) is 0 Å². The average molecular weight is 288 g/mol. The highest BCUT2D eigenvalue weighted by Crippen LogP contribution is 2.21. The Morgan fingerprint density at radius 2 is 1.76 bits per heavy atom. The van der Waals surface area contributed by atoms with Crippen LogP contribution in [0.15, 0.2) is 29.1 Å². The third-order valence-corrected chi connectivity index (χ3v) is 3.23. The van der Waals surface area contributed by atoms with Gasteiger partial charge in [0, 0.05) is 25.1 Å². The highest BCUT2D eigenvalue weighted by Gasteiger charge is 2.10. The maximum atomic E-state index is 5.34. The third-order valence-electron chi connectivity index (χ3n) is 3.23. The molecule has 21 heavy (non-hydrogen) atoms. The molecule has 0 aliphatic carbocycles. The lowest BCUT2D eigenvalue weighted by atomic mass is 10.1. The van der Waals surface area contributed by atoms with Crippen LogP contribution in [0.3, 0.4) is 0 Å². The molecular weight excluding hydrogens is 264 g/mol. The molecule has 2 aromatic heterocycles. The van der Waals surface area contributed by atoms with E-state index in [1.54, 1.807) is 12.6 Å². The van der Waals surface area contributed by atoms with Crippen molar-refractivity contribution in [2.75, 3.05) is 23.7 Å². The Morgan fingerprint density at radius 3 is 2.38 bits per heavy atom. The number of aromatic nitrogens is 2. The van der Waals surface area contributed by atoms with E-state index in [-0.39, 0.29) is 0 Å². The van der Waals surface area contributed by atoms with Gasteiger partial charge < -0.3 is 15.1 Å². The highest BCUT2D eigenvalue weighted by atomic mass is 16.3. The van der Waals surface area contributed by atoms with Gasteiger partial charge in [-0.2, -0.15) is 0 Å². The van der Waals surface area contributed by atoms with Gasteiger partial charge in [0.05, 0.1) is 6.26 Å². The summed E-state index contributed by atoms with van der Waals surface area (Å²) < 4.78 is 5.34. The average Bonchev–Trinajstić information content (AvgIpc) is 3.01. The van der Waals surface area contributed by atoms with Gasteiger partial charge in [-0.3, -0.25) is 0 Å². The normalized spacial score (nSPS) is 10.6. The van der Waals surface area contributed by atoms with Crippen molar-refractivity contribution in [3.8, 4) is 0 Å². The molecule has 0 bridgehead atoms. The molecule has 0 fully saturated rings. The van der Waals surface area contributed by atoms with Gasteiger partial charge in [0.1, 0.15) is 23.7 Å². The summed E-state index contributed by atoms with van der Waals surface area (Å²) in [7, 11) is 0. The van der Waals surface area contributed by atoms with E-state index in [0.29, 0.717) is 0 Å². The van der Waals surface area contributed by atoms with Crippen LogP contribution in [0.25, 0.3) is 0 Å². The Labute approximate surface area is 126 Å². The number of nitrogens with one attached hydrogen (secondary N) is 2. The van der Waals surface area contributed by atoms with Gasteiger partial charge in [0.2, 0.25) is 0 Å². The van der Waals surface area contributed by atoms with E-state index in [2.05, 4.69) is 34.4 Å². The van der Waals surface area contributed by atoms with Crippen LogP contribution in [0.4, 0.5) is 11.6 Å². The molecule has 0 aliphatic heterocycles. The maximum Gasteiger partial charge on any atom is 0.134 e. The molecule has 2 heterocycles. The smallest absolute Gasteiger partial charge is 0.134 e. The summed E-state index contributed by atoms with van der Waals surface area (Å²) in [6.45, 7) is 6.05. The Hall–Kier alpha value is -2.04. The van der Waals surface area contributed by atoms with Gasteiger partial charge in [-0.15, -0.1) is 0 Å². The quantitative estimate of drug-likeness (QED) is 0.739. The van der Waals surface area contributed by atoms with Crippen molar-refractivity contribution in [2.24, 2.45) is 0 Å². The third kappa shape index (κ3) is 4.48. The zero-order chi connectivity index (χ0) is 14.9. The Balaban J connectivity index is 2.02. The second-order valence-electron chi connectivity index (χ2n) is 4.98. The summed E-state index contributed by atoms with van der Waals surface area (Å²) >= 11 is 0. The van der Waals surface area contributed by atoms with Crippen molar-refractivity contribution in [1.29, 1.82) is 0 Å². The predicted molar refractivity (Wildman–Crippen MR) is 85.7 cm³/mol. The Kier molecular flexibility index (Phi) is 6.06. The molecule has 0 radical (unpaired) electrons. The fourth-order valence-corrected chi connectivity index (χ4v) is 2.21. The monoisotopic (exact) mass is 288 g/mol. The molecule has 0 aliphatic rings. The molecule has 2 rings (SSSR count). The van der Waals surface area contributed by atoms with Crippen molar-refractivity contribution >= 4 is 11.6 Å². The first kappa shape index (κ1) is 15.4. The maximum absolute atomic E-state index is 5.34. The molecule has 114 valence electrons. The number of hydrogen-bond donors (Lipinski definition) is 2. The zero-order valence-electron chi connectivity index (χ0n) is 12.9. The number of anilines is 2. The minimum atomic E-state index is 0.800. The van der Waals surface area contributed by atoms with Crippen molar-refractivity contribution in [1.82, 2.24) is 9.97 Å². The molecule has 0 atom stereocenters. The summed E-state index contributed by atoms with van der Waals surface area (Å²) in [6.07, 6.45) is 7.29. The van der Waals surface area contributed by atoms with Crippen molar-refractivity contribution in [2.45, 2.75) is 39.5 Å². The van der Waals surface area contributed by atoms with E-state index in [9.17, 15) is 0 Å². The molecule has 5 nitrogen and oxygen atoms in total. The van der Waals surface area contributed by atoms with E-state index in [1.165, 1.54) is 5.56 Å². The fourth-order valence-electron chi connectivity index (χ4n) is 2.21. The lowest BCUT2D eigenvalue weighted by molar-refractivity contribution is 0.513. The Morgan fingerprint density at radius 1 is 1.00 bits per heavy atom. The molecule has 2 aromatic rings. The first-order valence-corrected chi connectivity index (χ1v) is 7.69. The highest BCUT2D eigenvalue weighted by molar-refractivity contribution is 5.57. The molecule has 0 amide bonds. The summed E-state index contributed by atoms with van der Waals surface area (Å²) in [4.78, 5) is 8.76. The lowest BCUT2D eigenvalue weighted by Gasteiger charge is -2.14. The minimum Gasteiger partial charge on any atom is -0.469 e. The summed E-state index contributed by atoms with van der Waals surface area (Å²) in [5.74, 6) is 2.86. The van der Waals surface area contributed by atoms with Crippen LogP contribution in [0.2, 0.25) is 0 Å².